The summed E-state index contributed by atoms with van der Waals surface area (Å²) in [6.45, 7) is 7.31. The molecule has 2 heterocycles. The molecule has 0 N–H and O–H groups in total. The van der Waals surface area contributed by atoms with Gasteiger partial charge in [-0.15, -0.1) is 0 Å². The van der Waals surface area contributed by atoms with Crippen LogP contribution >= 0.6 is 0 Å². The first-order chi connectivity index (χ1) is 18.2. The monoisotopic (exact) mass is 496 g/mol. The van der Waals surface area contributed by atoms with Crippen LogP contribution in [0.3, 0.4) is 0 Å². The minimum absolute atomic E-state index is 0.412. The fourth-order valence-corrected chi connectivity index (χ4v) is 6.03. The van der Waals surface area contributed by atoms with Gasteiger partial charge in [-0.1, -0.05) is 36.3 Å². The number of hydrogen-bond donors (Lipinski definition) is 0. The van der Waals surface area contributed by atoms with Crippen LogP contribution in [0.5, 0.6) is 0 Å². The van der Waals surface area contributed by atoms with Crippen molar-refractivity contribution in [1.29, 1.82) is 0 Å². The van der Waals surface area contributed by atoms with E-state index in [1.165, 1.54) is 31.4 Å². The van der Waals surface area contributed by atoms with E-state index in [0.717, 1.165) is 49.3 Å². The molecule has 0 amide bonds. The van der Waals surface area contributed by atoms with Crippen LogP contribution in [0.4, 0.5) is 22.7 Å². The van der Waals surface area contributed by atoms with Gasteiger partial charge in [0, 0.05) is 56.1 Å². The lowest BCUT2D eigenvalue weighted by Crippen LogP contribution is -2.51. The summed E-state index contributed by atoms with van der Waals surface area (Å²) in [4.78, 5) is 22.1. The molecule has 3 aromatic rings. The molecule has 1 aliphatic carbocycles. The van der Waals surface area contributed by atoms with Gasteiger partial charge in [-0.2, -0.15) is 0 Å². The first-order valence-corrected chi connectivity index (χ1v) is 13.4. The summed E-state index contributed by atoms with van der Waals surface area (Å²) in [5.74, 6) is 0.905. The van der Waals surface area contributed by atoms with Gasteiger partial charge in [0.05, 0.1) is 9.98 Å². The van der Waals surface area contributed by atoms with Crippen LogP contribution in [0, 0.1) is 5.92 Å². The highest BCUT2D eigenvalue weighted by atomic mass is 16.8. The number of anilines is 1. The van der Waals surface area contributed by atoms with Crippen LogP contribution in [0.2, 0.25) is 0 Å². The quantitative estimate of drug-likeness (QED) is 0.278. The Labute approximate surface area is 218 Å². The summed E-state index contributed by atoms with van der Waals surface area (Å²) in [5.41, 5.74) is 5.65. The lowest BCUT2D eigenvalue weighted by Gasteiger charge is -2.42. The summed E-state index contributed by atoms with van der Waals surface area (Å²) in [5, 5.41) is 8.52. The highest BCUT2D eigenvalue weighted by Gasteiger charge is 2.45. The van der Waals surface area contributed by atoms with Gasteiger partial charge >= 0.3 is 6.47 Å². The van der Waals surface area contributed by atoms with Crippen molar-refractivity contribution in [2.45, 2.75) is 38.6 Å². The van der Waals surface area contributed by atoms with Crippen LogP contribution in [0.1, 0.15) is 32.6 Å². The Kier molecular flexibility index (Phi) is 6.49. The van der Waals surface area contributed by atoms with Crippen molar-refractivity contribution < 1.29 is 9.63 Å². The van der Waals surface area contributed by atoms with Crippen molar-refractivity contribution >= 4 is 29.2 Å². The van der Waals surface area contributed by atoms with Crippen molar-refractivity contribution in [3.63, 3.8) is 0 Å². The molecular formula is C30H34N5O2+. The summed E-state index contributed by atoms with van der Waals surface area (Å²) in [6.07, 6.45) is 5.50. The molecule has 0 radical (unpaired) electrons. The van der Waals surface area contributed by atoms with E-state index in [4.69, 9.17) is 4.84 Å². The second kappa shape index (κ2) is 10.1. The van der Waals surface area contributed by atoms with Crippen LogP contribution in [0.25, 0.3) is 11.1 Å². The lowest BCUT2D eigenvalue weighted by atomic mass is 9.86. The summed E-state index contributed by atoms with van der Waals surface area (Å²) < 4.78 is -0.412. The molecule has 3 aromatic carbocycles. The maximum atomic E-state index is 11.4. The van der Waals surface area contributed by atoms with Gasteiger partial charge in [0.25, 0.3) is 0 Å². The third-order valence-electron chi connectivity index (χ3n) is 8.28. The molecule has 1 unspecified atom stereocenters. The van der Waals surface area contributed by atoms with Crippen LogP contribution in [-0.4, -0.2) is 43.6 Å². The zero-order valence-electron chi connectivity index (χ0n) is 21.4. The number of quaternary nitrogens is 1. The molecule has 0 bridgehead atoms. The molecule has 7 nitrogen and oxygen atoms in total. The molecule has 0 aromatic heterocycles. The average molecular weight is 497 g/mol. The van der Waals surface area contributed by atoms with E-state index in [9.17, 15) is 4.79 Å². The topological polar surface area (TPSA) is 57.5 Å². The third-order valence-corrected chi connectivity index (χ3v) is 8.28. The second-order valence-corrected chi connectivity index (χ2v) is 10.5. The predicted octanol–water partition coefficient (Wildman–Crippen LogP) is 6.79. The first kappa shape index (κ1) is 23.8. The SMILES string of the molecule is CC1CCC(N2CCN(c3ccc(-c4ccc([N+]5(OC=O)N=Nc6ccccc65)cc4)cc3)CC2)CC1. The van der Waals surface area contributed by atoms with Gasteiger partial charge in [-0.05, 0) is 73.1 Å². The fourth-order valence-electron chi connectivity index (χ4n) is 6.03. The highest BCUT2D eigenvalue weighted by molar-refractivity contribution is 5.74. The number of para-hydroxylation sites is 1. The Morgan fingerprint density at radius 1 is 0.838 bits per heavy atom. The van der Waals surface area contributed by atoms with E-state index in [1.54, 1.807) is 0 Å². The molecule has 7 heteroatoms. The van der Waals surface area contributed by atoms with Crippen LogP contribution in [-0.2, 0) is 9.63 Å². The molecule has 1 saturated carbocycles. The number of fused-ring (bicyclic) bond motifs is 1. The standard InChI is InChI=1S/C30H34N5O2/c1-23-6-12-26(13-7-23)33-18-20-34(21-19-33)27-14-8-24(9-15-27)25-10-16-28(17-11-25)35(37-22-36)30-5-3-2-4-29(30)31-32-35/h2-5,8-11,14-17,22-23,26H,6-7,12-13,18-21H2,1H3/q+1. The average Bonchev–Trinajstić information content (AvgIpc) is 3.33. The largest absolute Gasteiger partial charge is 0.369 e. The van der Waals surface area contributed by atoms with E-state index in [2.05, 4.69) is 51.3 Å². The highest BCUT2D eigenvalue weighted by Crippen LogP contribution is 2.47. The molecule has 1 atom stereocenters. The first-order valence-electron chi connectivity index (χ1n) is 13.4. The number of rotatable bonds is 6. The van der Waals surface area contributed by atoms with Crippen molar-refractivity contribution in [2.75, 3.05) is 31.1 Å². The van der Waals surface area contributed by atoms with E-state index < -0.39 is 4.76 Å². The van der Waals surface area contributed by atoms with Gasteiger partial charge in [0.1, 0.15) is 0 Å². The van der Waals surface area contributed by atoms with Crippen molar-refractivity contribution in [1.82, 2.24) is 9.66 Å². The zero-order chi connectivity index (χ0) is 25.2. The smallest absolute Gasteiger partial charge is 0.360 e. The summed E-state index contributed by atoms with van der Waals surface area (Å²) >= 11 is 0. The Morgan fingerprint density at radius 2 is 1.49 bits per heavy atom. The Morgan fingerprint density at radius 3 is 2.16 bits per heavy atom. The maximum Gasteiger partial charge on any atom is 0.360 e. The lowest BCUT2D eigenvalue weighted by molar-refractivity contribution is -0.156. The van der Waals surface area contributed by atoms with E-state index in [1.807, 2.05) is 48.5 Å². The van der Waals surface area contributed by atoms with Gasteiger partial charge in [-0.3, -0.25) is 4.90 Å². The Hall–Kier alpha value is -3.55. The normalized spacial score (nSPS) is 25.6. The van der Waals surface area contributed by atoms with Crippen molar-refractivity contribution in [3.8, 4) is 11.1 Å². The Bertz CT molecular complexity index is 1260. The molecule has 3 aliphatic rings. The van der Waals surface area contributed by atoms with Gasteiger partial charge < -0.3 is 4.90 Å². The van der Waals surface area contributed by atoms with Gasteiger partial charge in [0.2, 0.25) is 11.4 Å². The maximum absolute atomic E-state index is 11.4. The molecule has 0 spiro atoms. The van der Waals surface area contributed by atoms with E-state index in [0.29, 0.717) is 23.5 Å². The number of benzene rings is 3. The van der Waals surface area contributed by atoms with Gasteiger partial charge in [0.15, 0.2) is 5.69 Å². The number of hydrogen-bond acceptors (Lipinski definition) is 6. The van der Waals surface area contributed by atoms with Crippen molar-refractivity contribution in [2.24, 2.45) is 16.3 Å². The molecule has 190 valence electrons. The van der Waals surface area contributed by atoms with Crippen LogP contribution < -0.4 is 9.66 Å². The molecular weight excluding hydrogens is 462 g/mol. The van der Waals surface area contributed by atoms with Crippen LogP contribution in [0.15, 0.2) is 83.1 Å². The minimum Gasteiger partial charge on any atom is -0.369 e. The molecule has 37 heavy (non-hydrogen) atoms. The zero-order valence-corrected chi connectivity index (χ0v) is 21.4. The number of nitrogens with zero attached hydrogens (tertiary/aromatic N) is 5. The van der Waals surface area contributed by atoms with Gasteiger partial charge in [-0.25, -0.2) is 9.63 Å². The molecule has 2 fully saturated rings. The predicted molar refractivity (Wildman–Crippen MR) is 147 cm³/mol. The second-order valence-electron chi connectivity index (χ2n) is 10.5. The molecule has 1 saturated heterocycles. The minimum atomic E-state index is -0.412. The summed E-state index contributed by atoms with van der Waals surface area (Å²) in [7, 11) is 0. The van der Waals surface area contributed by atoms with Crippen molar-refractivity contribution in [3.05, 3.63) is 72.8 Å². The number of piperazine rings is 1. The third kappa shape index (κ3) is 4.54. The van der Waals surface area contributed by atoms with E-state index in [-0.39, 0.29) is 0 Å². The molecule has 2 aliphatic heterocycles. The Balaban J connectivity index is 1.13. The van der Waals surface area contributed by atoms with E-state index >= 15 is 0 Å². The fraction of sp³-hybridized carbons (Fsp3) is 0.367. The number of carbonyl (C=O) groups excluding carboxylic acids is 1. The molecule has 6 rings (SSSR count). The number of carbonyl (C=O) groups is 1. The summed E-state index contributed by atoms with van der Waals surface area (Å²) in [6, 6.07) is 25.1.